The van der Waals surface area contributed by atoms with Crippen molar-refractivity contribution in [1.29, 1.82) is 0 Å². The van der Waals surface area contributed by atoms with Gasteiger partial charge in [0.2, 0.25) is 17.7 Å². The van der Waals surface area contributed by atoms with E-state index in [4.69, 9.17) is 14.3 Å². The van der Waals surface area contributed by atoms with Crippen molar-refractivity contribution in [3.05, 3.63) is 156 Å². The summed E-state index contributed by atoms with van der Waals surface area (Å²) in [6.45, 7) is 3.00. The number of hydrogen-bond donors (Lipinski definition) is 3. The molecule has 2 aliphatic heterocycles. The number of ether oxygens (including phenoxy) is 1. The molecule has 17 nitrogen and oxygen atoms in total. The van der Waals surface area contributed by atoms with Gasteiger partial charge in [-0.15, -0.1) is 0 Å². The summed E-state index contributed by atoms with van der Waals surface area (Å²) in [7, 11) is 0. The average molecular weight is 959 g/mol. The molecule has 10 rings (SSSR count). The molecule has 71 heavy (non-hydrogen) atoms. The van der Waals surface area contributed by atoms with Crippen LogP contribution < -0.4 is 26.3 Å². The van der Waals surface area contributed by atoms with Crippen molar-refractivity contribution in [1.82, 2.24) is 39.8 Å². The molecule has 0 spiro atoms. The van der Waals surface area contributed by atoms with E-state index >= 15 is 0 Å². The van der Waals surface area contributed by atoms with Gasteiger partial charge in [0.25, 0.3) is 11.8 Å². The van der Waals surface area contributed by atoms with Gasteiger partial charge >= 0.3 is 5.63 Å². The van der Waals surface area contributed by atoms with E-state index in [1.54, 1.807) is 41.3 Å². The third-order valence-corrected chi connectivity index (χ3v) is 12.5. The topological polar surface area (TPSA) is 207 Å². The summed E-state index contributed by atoms with van der Waals surface area (Å²) in [5, 5.41) is 15.1. The van der Waals surface area contributed by atoms with Crippen molar-refractivity contribution in [2.24, 2.45) is 0 Å². The number of halogens is 2. The van der Waals surface area contributed by atoms with Crippen molar-refractivity contribution in [3.63, 3.8) is 0 Å². The van der Waals surface area contributed by atoms with Gasteiger partial charge in [0.05, 0.1) is 41.2 Å². The standard InChI is InChI=1S/C52H44F2N10O7/c1-2-43(65)62-22-8-9-35(28-62)64-48-45(46(61-64)31-15-18-37(19-16-31)70-36-10-4-3-5-11-36)47(58-30-59-48)56-26-33-23-32-14-17-34(24-42(32)71-51(33)69)60-50(68)41-25-52(53,54)29-63(41)44(66)27-57-49(67)39-20-21-55-40-13-7-6-12-38(39)40/h2-7,10-21,23-24,30,35,41H,1,8-9,22,25-29H2,(H,57,67)(H,60,68)(H,56,58,59)/t35-,41?/m1/s1. The number of nitrogens with one attached hydrogen (secondary N) is 3. The van der Waals surface area contributed by atoms with Crippen LogP contribution in [0.15, 0.2) is 144 Å². The monoisotopic (exact) mass is 958 g/mol. The third-order valence-electron chi connectivity index (χ3n) is 12.5. The van der Waals surface area contributed by atoms with Crippen LogP contribution in [-0.4, -0.2) is 96.3 Å². The number of carbonyl (C=O) groups excluding carboxylic acids is 4. The fourth-order valence-electron chi connectivity index (χ4n) is 9.07. The van der Waals surface area contributed by atoms with Crippen LogP contribution >= 0.6 is 0 Å². The molecule has 358 valence electrons. The summed E-state index contributed by atoms with van der Waals surface area (Å²) in [5.74, 6) is -4.19. The molecule has 2 saturated heterocycles. The Bertz CT molecular complexity index is 3430. The molecule has 2 fully saturated rings. The van der Waals surface area contributed by atoms with Gasteiger partial charge in [-0.3, -0.25) is 24.2 Å². The van der Waals surface area contributed by atoms with Gasteiger partial charge in [0.1, 0.15) is 41.0 Å². The van der Waals surface area contributed by atoms with Gasteiger partial charge in [-0.25, -0.2) is 28.2 Å². The maximum Gasteiger partial charge on any atom is 0.341 e. The molecule has 2 atom stereocenters. The van der Waals surface area contributed by atoms with Crippen molar-refractivity contribution in [3.8, 4) is 22.8 Å². The van der Waals surface area contributed by atoms with Gasteiger partial charge in [-0.1, -0.05) is 43.0 Å². The Morgan fingerprint density at radius 1 is 0.915 bits per heavy atom. The molecule has 0 aliphatic carbocycles. The molecule has 0 radical (unpaired) electrons. The van der Waals surface area contributed by atoms with Crippen molar-refractivity contribution in [2.75, 3.05) is 36.8 Å². The van der Waals surface area contributed by atoms with Crippen LogP contribution in [0.4, 0.5) is 20.3 Å². The first-order valence-electron chi connectivity index (χ1n) is 22.8. The second kappa shape index (κ2) is 19.3. The van der Waals surface area contributed by atoms with Crippen LogP contribution in [0, 0.1) is 0 Å². The molecular weight excluding hydrogens is 915 g/mol. The number of aromatic nitrogens is 5. The molecule has 3 N–H and O–H groups in total. The van der Waals surface area contributed by atoms with Gasteiger partial charge < -0.3 is 34.9 Å². The van der Waals surface area contributed by atoms with Crippen molar-refractivity contribution < 1.29 is 37.1 Å². The third kappa shape index (κ3) is 9.61. The van der Waals surface area contributed by atoms with E-state index < -0.39 is 54.8 Å². The number of para-hydroxylation sites is 2. The number of hydrogen-bond acceptors (Lipinski definition) is 12. The number of piperidine rings is 1. The van der Waals surface area contributed by atoms with E-state index in [2.05, 4.69) is 37.5 Å². The van der Waals surface area contributed by atoms with E-state index in [-0.39, 0.29) is 40.9 Å². The SMILES string of the molecule is C=CC(=O)N1CCC[C@@H](n2nc(-c3ccc(Oc4ccccc4)cc3)c3c(NCc4cc5ccc(NC(=O)C6CC(F)(F)CN6C(=O)CNC(=O)c6ccnc7ccccc67)cc5oc4=O)ncnc32)C1. The highest BCUT2D eigenvalue weighted by Crippen LogP contribution is 2.37. The van der Waals surface area contributed by atoms with Gasteiger partial charge in [-0.05, 0) is 85.6 Å². The van der Waals surface area contributed by atoms with Crippen LogP contribution in [0.3, 0.4) is 0 Å². The van der Waals surface area contributed by atoms with E-state index in [1.165, 1.54) is 36.8 Å². The van der Waals surface area contributed by atoms with Crippen LogP contribution in [-0.2, 0) is 20.9 Å². The quantitative estimate of drug-likeness (QED) is 0.0759. The Morgan fingerprint density at radius 2 is 1.70 bits per heavy atom. The fourth-order valence-corrected chi connectivity index (χ4v) is 9.07. The lowest BCUT2D eigenvalue weighted by atomic mass is 10.1. The minimum Gasteiger partial charge on any atom is -0.457 e. The Kier molecular flexibility index (Phi) is 12.4. The second-order valence-electron chi connectivity index (χ2n) is 17.2. The maximum atomic E-state index is 14.8. The van der Waals surface area contributed by atoms with E-state index in [0.29, 0.717) is 63.4 Å². The zero-order valence-electron chi connectivity index (χ0n) is 37.9. The number of rotatable bonds is 13. The van der Waals surface area contributed by atoms with Gasteiger partial charge in [0, 0.05) is 60.3 Å². The first kappa shape index (κ1) is 45.9. The summed E-state index contributed by atoms with van der Waals surface area (Å²) in [6.07, 6.45) is 4.73. The summed E-state index contributed by atoms with van der Waals surface area (Å²) in [4.78, 5) is 82.1. The van der Waals surface area contributed by atoms with Crippen molar-refractivity contribution in [2.45, 2.75) is 43.8 Å². The minimum absolute atomic E-state index is 0.0260. The molecule has 6 heterocycles. The first-order valence-corrected chi connectivity index (χ1v) is 22.8. The number of anilines is 2. The number of likely N-dealkylation sites (tertiary alicyclic amines) is 2. The lowest BCUT2D eigenvalue weighted by molar-refractivity contribution is -0.136. The number of alkyl halides is 2. The smallest absolute Gasteiger partial charge is 0.341 e. The number of amides is 4. The molecule has 0 bridgehead atoms. The lowest BCUT2D eigenvalue weighted by Crippen LogP contribution is -2.47. The number of fused-ring (bicyclic) bond motifs is 3. The Balaban J connectivity index is 0.859. The number of pyridine rings is 1. The number of carbonyl (C=O) groups is 4. The van der Waals surface area contributed by atoms with Crippen LogP contribution in [0.2, 0.25) is 0 Å². The minimum atomic E-state index is -3.36. The highest BCUT2D eigenvalue weighted by molar-refractivity contribution is 6.07. The van der Waals surface area contributed by atoms with Crippen LogP contribution in [0.1, 0.15) is 41.2 Å². The first-order chi connectivity index (χ1) is 34.4. The Labute approximate surface area is 403 Å². The normalized spacial score (nSPS) is 16.5. The van der Waals surface area contributed by atoms with Crippen molar-refractivity contribution >= 4 is 68.0 Å². The van der Waals surface area contributed by atoms with Crippen LogP contribution in [0.5, 0.6) is 11.5 Å². The molecule has 0 saturated carbocycles. The molecule has 4 amide bonds. The molecule has 19 heteroatoms. The average Bonchev–Trinajstić information content (AvgIpc) is 3.95. The predicted molar refractivity (Wildman–Crippen MR) is 260 cm³/mol. The van der Waals surface area contributed by atoms with Crippen LogP contribution in [0.25, 0.3) is 44.2 Å². The molecular formula is C52H44F2N10O7. The maximum absolute atomic E-state index is 14.8. The number of nitrogens with zero attached hydrogens (tertiary/aromatic N) is 7. The molecule has 4 aromatic carbocycles. The fraction of sp³-hybridized carbons (Fsp3) is 0.212. The summed E-state index contributed by atoms with van der Waals surface area (Å²) in [5.41, 5.74) is 2.45. The summed E-state index contributed by atoms with van der Waals surface area (Å²) >= 11 is 0. The predicted octanol–water partition coefficient (Wildman–Crippen LogP) is 7.51. The zero-order valence-corrected chi connectivity index (χ0v) is 37.9. The highest BCUT2D eigenvalue weighted by Gasteiger charge is 2.50. The Hall–Kier alpha value is -8.87. The summed E-state index contributed by atoms with van der Waals surface area (Å²) in [6, 6.07) is 29.7. The highest BCUT2D eigenvalue weighted by atomic mass is 19.3. The largest absolute Gasteiger partial charge is 0.457 e. The number of benzene rings is 4. The second-order valence-corrected chi connectivity index (χ2v) is 17.2. The molecule has 2 aliphatic rings. The lowest BCUT2D eigenvalue weighted by Gasteiger charge is -2.32. The molecule has 4 aromatic heterocycles. The van der Waals surface area contributed by atoms with Gasteiger partial charge in [0.15, 0.2) is 5.65 Å². The Morgan fingerprint density at radius 3 is 2.52 bits per heavy atom. The van der Waals surface area contributed by atoms with Gasteiger partial charge in [-0.2, -0.15) is 5.10 Å². The molecule has 1 unspecified atom stereocenters. The molecule has 8 aromatic rings. The van der Waals surface area contributed by atoms with E-state index in [1.807, 2.05) is 59.3 Å². The zero-order chi connectivity index (χ0) is 49.2. The van der Waals surface area contributed by atoms with E-state index in [0.717, 1.165) is 23.3 Å². The van der Waals surface area contributed by atoms with E-state index in [9.17, 15) is 32.8 Å². The summed E-state index contributed by atoms with van der Waals surface area (Å²) < 4.78 is 43.2.